The van der Waals surface area contributed by atoms with E-state index in [4.69, 9.17) is 5.11 Å². The van der Waals surface area contributed by atoms with Crippen molar-refractivity contribution in [2.45, 2.75) is 30.3 Å². The number of tetrazole rings is 1. The predicted octanol–water partition coefficient (Wildman–Crippen LogP) is -0.199. The third-order valence-electron chi connectivity index (χ3n) is 1.90. The zero-order valence-corrected chi connectivity index (χ0v) is 10.2. The molecule has 0 aliphatic rings. The van der Waals surface area contributed by atoms with Crippen molar-refractivity contribution in [2.75, 3.05) is 7.11 Å². The molecule has 1 rings (SSSR count). The summed E-state index contributed by atoms with van der Waals surface area (Å²) in [4.78, 5) is 21.9. The van der Waals surface area contributed by atoms with Crippen LogP contribution in [0.5, 0.6) is 0 Å². The predicted molar refractivity (Wildman–Crippen MR) is 57.4 cm³/mol. The lowest BCUT2D eigenvalue weighted by Gasteiger charge is -2.08. The number of methoxy groups -OCH3 is 1. The number of aromatic nitrogens is 4. The molecule has 94 valence electrons. The number of carboxylic acid groups (broad SMARTS) is 1. The maximum atomic E-state index is 11.1. The van der Waals surface area contributed by atoms with Crippen molar-refractivity contribution in [3.63, 3.8) is 0 Å². The summed E-state index contributed by atoms with van der Waals surface area (Å²) >= 11 is 1.00. The average Bonchev–Trinajstić information content (AvgIpc) is 2.72. The molecule has 0 spiro atoms. The summed E-state index contributed by atoms with van der Waals surface area (Å²) in [6.07, 6.45) is 0.436. The second-order valence-electron chi connectivity index (χ2n) is 3.05. The van der Waals surface area contributed by atoms with E-state index >= 15 is 0 Å². The van der Waals surface area contributed by atoms with Crippen LogP contribution in [0.1, 0.15) is 13.3 Å². The van der Waals surface area contributed by atoms with Crippen molar-refractivity contribution in [3.05, 3.63) is 0 Å². The minimum Gasteiger partial charge on any atom is -0.480 e. The van der Waals surface area contributed by atoms with E-state index in [1.54, 1.807) is 6.92 Å². The molecule has 17 heavy (non-hydrogen) atoms. The van der Waals surface area contributed by atoms with Crippen LogP contribution in [0.25, 0.3) is 0 Å². The van der Waals surface area contributed by atoms with Crippen LogP contribution >= 0.6 is 11.8 Å². The van der Waals surface area contributed by atoms with Crippen LogP contribution in [0.4, 0.5) is 0 Å². The van der Waals surface area contributed by atoms with Crippen molar-refractivity contribution in [2.24, 2.45) is 0 Å². The Morgan fingerprint density at radius 3 is 2.82 bits per heavy atom. The second kappa shape index (κ2) is 6.18. The van der Waals surface area contributed by atoms with Gasteiger partial charge in [-0.25, -0.2) is 4.68 Å². The smallest absolute Gasteiger partial charge is 0.327 e. The van der Waals surface area contributed by atoms with E-state index in [0.29, 0.717) is 6.42 Å². The van der Waals surface area contributed by atoms with Crippen molar-refractivity contribution < 1.29 is 19.4 Å². The Labute approximate surface area is 101 Å². The Hall–Kier alpha value is -1.64. The lowest BCUT2D eigenvalue weighted by molar-refractivity contribution is -0.141. The number of ether oxygens (including phenoxy) is 1. The first-order valence-corrected chi connectivity index (χ1v) is 5.68. The molecule has 0 radical (unpaired) electrons. The van der Waals surface area contributed by atoms with Gasteiger partial charge in [0.25, 0.3) is 0 Å². The van der Waals surface area contributed by atoms with Crippen LogP contribution in [0.3, 0.4) is 0 Å². The molecule has 0 saturated heterocycles. The van der Waals surface area contributed by atoms with Gasteiger partial charge in [0, 0.05) is 0 Å². The van der Waals surface area contributed by atoms with Gasteiger partial charge >= 0.3 is 11.9 Å². The first-order valence-electron chi connectivity index (χ1n) is 4.81. The quantitative estimate of drug-likeness (QED) is 0.553. The third-order valence-corrected chi connectivity index (χ3v) is 3.22. The number of esters is 1. The summed E-state index contributed by atoms with van der Waals surface area (Å²) in [5.74, 6) is -1.44. The van der Waals surface area contributed by atoms with E-state index in [0.717, 1.165) is 11.8 Å². The summed E-state index contributed by atoms with van der Waals surface area (Å²) in [6, 6.07) is 0. The summed E-state index contributed by atoms with van der Waals surface area (Å²) < 4.78 is 5.69. The Balaban J connectivity index is 2.74. The summed E-state index contributed by atoms with van der Waals surface area (Å²) in [6.45, 7) is 1.61. The zero-order chi connectivity index (χ0) is 12.8. The molecule has 0 bridgehead atoms. The number of rotatable bonds is 6. The number of hydrogen-bond donors (Lipinski definition) is 1. The molecule has 1 atom stereocenters. The zero-order valence-electron chi connectivity index (χ0n) is 9.36. The Morgan fingerprint density at radius 1 is 1.59 bits per heavy atom. The van der Waals surface area contributed by atoms with Crippen LogP contribution in [-0.2, 0) is 20.9 Å². The molecule has 0 amide bonds. The number of carbonyl (C=O) groups excluding carboxylic acids is 1. The van der Waals surface area contributed by atoms with Crippen LogP contribution in [0, 0.1) is 0 Å². The van der Waals surface area contributed by atoms with E-state index in [1.807, 2.05) is 0 Å². The van der Waals surface area contributed by atoms with Crippen molar-refractivity contribution in [1.82, 2.24) is 20.2 Å². The van der Waals surface area contributed by atoms with E-state index in [1.165, 1.54) is 11.8 Å². The second-order valence-corrected chi connectivity index (χ2v) is 4.22. The number of nitrogens with zero attached hydrogens (tertiary/aromatic N) is 4. The van der Waals surface area contributed by atoms with Gasteiger partial charge < -0.3 is 9.84 Å². The summed E-state index contributed by atoms with van der Waals surface area (Å²) in [7, 11) is 1.26. The molecule has 9 heteroatoms. The minimum atomic E-state index is -0.940. The Kier molecular flexibility index (Phi) is 4.88. The molecule has 1 aromatic rings. The maximum absolute atomic E-state index is 11.1. The van der Waals surface area contributed by atoms with Crippen molar-refractivity contribution in [3.8, 4) is 0 Å². The monoisotopic (exact) mass is 260 g/mol. The molecule has 1 unspecified atom stereocenters. The third kappa shape index (κ3) is 3.70. The van der Waals surface area contributed by atoms with E-state index in [2.05, 4.69) is 20.3 Å². The van der Waals surface area contributed by atoms with Gasteiger partial charge in [0.1, 0.15) is 11.8 Å². The number of carbonyl (C=O) groups is 2. The van der Waals surface area contributed by atoms with Crippen molar-refractivity contribution in [1.29, 1.82) is 0 Å². The van der Waals surface area contributed by atoms with Gasteiger partial charge in [-0.1, -0.05) is 18.7 Å². The number of aliphatic carboxylic acids is 1. The van der Waals surface area contributed by atoms with Crippen LogP contribution in [-0.4, -0.2) is 49.6 Å². The van der Waals surface area contributed by atoms with Gasteiger partial charge in [-0.3, -0.25) is 9.59 Å². The molecule has 0 aromatic carbocycles. The molecule has 1 aromatic heterocycles. The lowest BCUT2D eigenvalue weighted by atomic mass is 10.3. The van der Waals surface area contributed by atoms with Crippen LogP contribution < -0.4 is 0 Å². The summed E-state index contributed by atoms with van der Waals surface area (Å²) in [5.41, 5.74) is 0. The Morgan fingerprint density at radius 2 is 2.29 bits per heavy atom. The first kappa shape index (κ1) is 13.4. The fourth-order valence-electron chi connectivity index (χ4n) is 1.00. The standard InChI is InChI=1S/C8H12N4O4S/c1-3-5(7(14)15)17-8-9-10-11-12(8)4-6(13)16-2/h5H,3-4H2,1-2H3,(H,14,15). The highest BCUT2D eigenvalue weighted by Gasteiger charge is 2.21. The van der Waals surface area contributed by atoms with Crippen LogP contribution in [0.15, 0.2) is 5.16 Å². The van der Waals surface area contributed by atoms with E-state index < -0.39 is 17.2 Å². The van der Waals surface area contributed by atoms with E-state index in [9.17, 15) is 9.59 Å². The van der Waals surface area contributed by atoms with Crippen LogP contribution in [0.2, 0.25) is 0 Å². The largest absolute Gasteiger partial charge is 0.480 e. The van der Waals surface area contributed by atoms with E-state index in [-0.39, 0.29) is 11.7 Å². The van der Waals surface area contributed by atoms with Gasteiger partial charge in [-0.15, -0.1) is 5.10 Å². The molecule has 1 N–H and O–H groups in total. The fraction of sp³-hybridized carbons (Fsp3) is 0.625. The number of carboxylic acids is 1. The molecule has 0 fully saturated rings. The topological polar surface area (TPSA) is 107 Å². The average molecular weight is 260 g/mol. The highest BCUT2D eigenvalue weighted by molar-refractivity contribution is 8.00. The highest BCUT2D eigenvalue weighted by atomic mass is 32.2. The number of thioether (sulfide) groups is 1. The first-order chi connectivity index (χ1) is 8.08. The fourth-order valence-corrected chi connectivity index (χ4v) is 1.83. The SMILES string of the molecule is CCC(Sc1nnnn1CC(=O)OC)C(=O)O. The van der Waals surface area contributed by atoms with Gasteiger partial charge in [0.15, 0.2) is 0 Å². The van der Waals surface area contributed by atoms with Gasteiger partial charge in [-0.2, -0.15) is 0 Å². The molecule has 0 aliphatic carbocycles. The maximum Gasteiger partial charge on any atom is 0.327 e. The van der Waals surface area contributed by atoms with Gasteiger partial charge in [-0.05, 0) is 16.8 Å². The van der Waals surface area contributed by atoms with Gasteiger partial charge in [0.2, 0.25) is 5.16 Å². The molecule has 0 aliphatic heterocycles. The number of hydrogen-bond acceptors (Lipinski definition) is 7. The van der Waals surface area contributed by atoms with Gasteiger partial charge in [0.05, 0.1) is 7.11 Å². The molecule has 1 heterocycles. The summed E-state index contributed by atoms with van der Waals surface area (Å²) in [5, 5.41) is 19.2. The minimum absolute atomic E-state index is 0.137. The molecular formula is C8H12N4O4S. The normalized spacial score (nSPS) is 12.1. The molecule has 8 nitrogen and oxygen atoms in total. The highest BCUT2D eigenvalue weighted by Crippen LogP contribution is 2.22. The lowest BCUT2D eigenvalue weighted by Crippen LogP contribution is -2.18. The Bertz CT molecular complexity index is 408. The van der Waals surface area contributed by atoms with Crippen molar-refractivity contribution >= 4 is 23.7 Å². The molecular weight excluding hydrogens is 248 g/mol. The molecule has 0 saturated carbocycles.